The van der Waals surface area contributed by atoms with Gasteiger partial charge in [-0.2, -0.15) is 4.31 Å². The van der Waals surface area contributed by atoms with Crippen molar-refractivity contribution < 1.29 is 17.9 Å². The molecule has 0 aliphatic carbocycles. The van der Waals surface area contributed by atoms with Gasteiger partial charge >= 0.3 is 0 Å². The molecule has 0 saturated heterocycles. The molecule has 0 saturated carbocycles. The summed E-state index contributed by atoms with van der Waals surface area (Å²) in [6.45, 7) is 0. The number of nitrogens with zero attached hydrogens (tertiary/aromatic N) is 1. The van der Waals surface area contributed by atoms with Gasteiger partial charge in [-0.15, -0.1) is 0 Å². The lowest BCUT2D eigenvalue weighted by Crippen LogP contribution is -2.35. The van der Waals surface area contributed by atoms with Crippen molar-refractivity contribution in [2.45, 2.75) is 4.90 Å². The van der Waals surface area contributed by atoms with E-state index < -0.39 is 15.9 Å². The maximum atomic E-state index is 13.3. The molecule has 0 heterocycles. The van der Waals surface area contributed by atoms with Crippen LogP contribution in [-0.4, -0.2) is 21.4 Å². The summed E-state index contributed by atoms with van der Waals surface area (Å²) in [6, 6.07) is 18.9. The maximum Gasteiger partial charge on any atom is 0.271 e. The number of hydrogen-bond acceptors (Lipinski definition) is 4. The molecule has 3 aromatic carbocycles. The average Bonchev–Trinajstić information content (AvgIpc) is 2.74. The molecule has 3 rings (SSSR count). The fourth-order valence-corrected chi connectivity index (χ4v) is 4.55. The highest BCUT2D eigenvalue weighted by Gasteiger charge is 2.30. The van der Waals surface area contributed by atoms with Gasteiger partial charge < -0.3 is 4.74 Å². The fraction of sp³-hybridized carbons (Fsp3) is 0.0455. The molecule has 0 N–H and O–H groups in total. The van der Waals surface area contributed by atoms with Gasteiger partial charge in [0.1, 0.15) is 5.75 Å². The third-order valence-corrected chi connectivity index (χ3v) is 6.54. The predicted molar refractivity (Wildman–Crippen MR) is 120 cm³/mol. The van der Waals surface area contributed by atoms with E-state index in [1.165, 1.54) is 43.5 Å². The number of ether oxygens (including phenoxy) is 1. The van der Waals surface area contributed by atoms with Gasteiger partial charge in [0, 0.05) is 11.1 Å². The zero-order valence-electron chi connectivity index (χ0n) is 15.8. The molecule has 154 valence electrons. The molecule has 0 aromatic heterocycles. The Morgan fingerprint density at radius 2 is 1.60 bits per heavy atom. The van der Waals surface area contributed by atoms with Gasteiger partial charge in [0.25, 0.3) is 15.9 Å². The second kappa shape index (κ2) is 9.34. The van der Waals surface area contributed by atoms with E-state index in [2.05, 4.69) is 0 Å². The van der Waals surface area contributed by atoms with Crippen LogP contribution in [0, 0.1) is 0 Å². The molecule has 1 amide bonds. The van der Waals surface area contributed by atoms with Crippen LogP contribution in [0.15, 0.2) is 83.8 Å². The Labute approximate surface area is 185 Å². The number of amides is 1. The highest BCUT2D eigenvalue weighted by atomic mass is 35.5. The van der Waals surface area contributed by atoms with Gasteiger partial charge in [-0.1, -0.05) is 59.6 Å². The number of methoxy groups -OCH3 is 1. The van der Waals surface area contributed by atoms with E-state index in [-0.39, 0.29) is 15.6 Å². The molecule has 0 aliphatic heterocycles. The average molecular weight is 462 g/mol. The first-order chi connectivity index (χ1) is 14.3. The van der Waals surface area contributed by atoms with Crippen molar-refractivity contribution in [3.63, 3.8) is 0 Å². The van der Waals surface area contributed by atoms with Crippen LogP contribution >= 0.6 is 23.2 Å². The minimum atomic E-state index is -4.20. The lowest BCUT2D eigenvalue weighted by molar-refractivity contribution is -0.113. The Kier molecular flexibility index (Phi) is 6.82. The van der Waals surface area contributed by atoms with Gasteiger partial charge in [0.05, 0.1) is 22.7 Å². The molecule has 0 aliphatic rings. The summed E-state index contributed by atoms with van der Waals surface area (Å²) in [5.74, 6) is -0.420. The van der Waals surface area contributed by atoms with Crippen LogP contribution in [-0.2, 0) is 14.8 Å². The van der Waals surface area contributed by atoms with Crippen LogP contribution in [0.1, 0.15) is 5.56 Å². The van der Waals surface area contributed by atoms with E-state index >= 15 is 0 Å². The molecule has 3 aromatic rings. The summed E-state index contributed by atoms with van der Waals surface area (Å²) in [5.41, 5.74) is 0.663. The summed E-state index contributed by atoms with van der Waals surface area (Å²) in [6.07, 6.45) is 2.61. The van der Waals surface area contributed by atoms with Crippen molar-refractivity contribution in [1.82, 2.24) is 0 Å². The lowest BCUT2D eigenvalue weighted by atomic mass is 10.2. The van der Waals surface area contributed by atoms with Crippen LogP contribution in [0.3, 0.4) is 0 Å². The summed E-state index contributed by atoms with van der Waals surface area (Å²) < 4.78 is 32.4. The minimum absolute atomic E-state index is 0.0311. The van der Waals surface area contributed by atoms with E-state index in [0.717, 1.165) is 6.08 Å². The van der Waals surface area contributed by atoms with Crippen LogP contribution in [0.25, 0.3) is 6.08 Å². The third kappa shape index (κ3) is 4.67. The van der Waals surface area contributed by atoms with Crippen molar-refractivity contribution >= 4 is 50.9 Å². The zero-order chi connectivity index (χ0) is 21.7. The van der Waals surface area contributed by atoms with Gasteiger partial charge in [0.15, 0.2) is 0 Å². The fourth-order valence-electron chi connectivity index (χ4n) is 2.70. The van der Waals surface area contributed by atoms with Gasteiger partial charge in [0.2, 0.25) is 0 Å². The summed E-state index contributed by atoms with van der Waals surface area (Å²) in [7, 11) is -2.76. The highest BCUT2D eigenvalue weighted by Crippen LogP contribution is 2.32. The van der Waals surface area contributed by atoms with E-state index in [9.17, 15) is 13.2 Å². The van der Waals surface area contributed by atoms with Crippen molar-refractivity contribution in [2.75, 3.05) is 11.4 Å². The number of hydrogen-bond donors (Lipinski definition) is 0. The number of carbonyl (C=O) groups excluding carboxylic acids is 1. The molecular weight excluding hydrogens is 445 g/mol. The standard InChI is InChI=1S/C22H17Cl2NO4S/c1-29-21-13-12-17(15-20(21)24)25(30(27,28)18-8-3-2-4-9-18)22(26)14-11-16-7-5-6-10-19(16)23/h2-15H,1H3/b14-11+. The molecule has 0 atom stereocenters. The Balaban J connectivity index is 2.09. The second-order valence-corrected chi connectivity index (χ2v) is 8.70. The van der Waals surface area contributed by atoms with Crippen LogP contribution < -0.4 is 9.04 Å². The first-order valence-electron chi connectivity index (χ1n) is 8.75. The Morgan fingerprint density at radius 1 is 0.933 bits per heavy atom. The van der Waals surface area contributed by atoms with E-state index in [1.807, 2.05) is 0 Å². The number of rotatable bonds is 6. The van der Waals surface area contributed by atoms with Crippen molar-refractivity contribution in [3.8, 4) is 5.75 Å². The SMILES string of the molecule is COc1ccc(N(C(=O)/C=C/c2ccccc2Cl)S(=O)(=O)c2ccccc2)cc1Cl. The number of carbonyl (C=O) groups is 1. The lowest BCUT2D eigenvalue weighted by Gasteiger charge is -2.22. The Bertz CT molecular complexity index is 1190. The number of benzene rings is 3. The summed E-state index contributed by atoms with van der Waals surface area (Å²) in [5, 5.41) is 0.609. The highest BCUT2D eigenvalue weighted by molar-refractivity contribution is 7.93. The molecular formula is C22H17Cl2NO4S. The Morgan fingerprint density at radius 3 is 2.23 bits per heavy atom. The molecule has 5 nitrogen and oxygen atoms in total. The summed E-state index contributed by atoms with van der Waals surface area (Å²) >= 11 is 12.3. The van der Waals surface area contributed by atoms with Gasteiger partial charge in [-0.05, 0) is 48.0 Å². The third-order valence-electron chi connectivity index (χ3n) is 4.16. The molecule has 0 bridgehead atoms. The number of anilines is 1. The van der Waals surface area contributed by atoms with Crippen molar-refractivity contribution in [2.24, 2.45) is 0 Å². The second-order valence-electron chi connectivity index (χ2n) is 6.09. The topological polar surface area (TPSA) is 63.7 Å². The van der Waals surface area contributed by atoms with Gasteiger partial charge in [-0.25, -0.2) is 8.42 Å². The first-order valence-corrected chi connectivity index (χ1v) is 10.9. The quantitative estimate of drug-likeness (QED) is 0.458. The molecule has 0 spiro atoms. The minimum Gasteiger partial charge on any atom is -0.495 e. The van der Waals surface area contributed by atoms with Gasteiger partial charge in [-0.3, -0.25) is 4.79 Å². The van der Waals surface area contributed by atoms with Crippen LogP contribution in [0.5, 0.6) is 5.75 Å². The molecule has 8 heteroatoms. The summed E-state index contributed by atoms with van der Waals surface area (Å²) in [4.78, 5) is 13.0. The number of halogens is 2. The van der Waals surface area contributed by atoms with E-state index in [4.69, 9.17) is 27.9 Å². The molecule has 0 unspecified atom stereocenters. The van der Waals surface area contributed by atoms with E-state index in [1.54, 1.807) is 42.5 Å². The largest absolute Gasteiger partial charge is 0.495 e. The smallest absolute Gasteiger partial charge is 0.271 e. The maximum absolute atomic E-state index is 13.3. The first kappa shape index (κ1) is 21.9. The van der Waals surface area contributed by atoms with Crippen molar-refractivity contribution in [3.05, 3.63) is 94.5 Å². The monoisotopic (exact) mass is 461 g/mol. The van der Waals surface area contributed by atoms with E-state index in [0.29, 0.717) is 20.6 Å². The predicted octanol–water partition coefficient (Wildman–Crippen LogP) is 5.44. The Hall–Kier alpha value is -2.80. The normalized spacial score (nSPS) is 11.4. The molecule has 0 radical (unpaired) electrons. The van der Waals surface area contributed by atoms with Crippen LogP contribution in [0.2, 0.25) is 10.0 Å². The molecule has 0 fully saturated rings. The zero-order valence-corrected chi connectivity index (χ0v) is 18.2. The number of sulfonamides is 1. The molecule has 30 heavy (non-hydrogen) atoms. The van der Waals surface area contributed by atoms with Crippen LogP contribution in [0.4, 0.5) is 5.69 Å². The van der Waals surface area contributed by atoms with Crippen molar-refractivity contribution in [1.29, 1.82) is 0 Å².